The van der Waals surface area contributed by atoms with Gasteiger partial charge in [-0.2, -0.15) is 0 Å². The van der Waals surface area contributed by atoms with Gasteiger partial charge >= 0.3 is 0 Å². The van der Waals surface area contributed by atoms with Crippen molar-refractivity contribution in [1.82, 2.24) is 9.97 Å². The van der Waals surface area contributed by atoms with Crippen LogP contribution in [0.25, 0.3) is 11.3 Å². The van der Waals surface area contributed by atoms with Crippen LogP contribution in [0.1, 0.15) is 18.2 Å². The van der Waals surface area contributed by atoms with E-state index in [0.717, 1.165) is 23.4 Å². The first-order chi connectivity index (χ1) is 7.83. The van der Waals surface area contributed by atoms with Gasteiger partial charge in [0.25, 0.3) is 0 Å². The fourth-order valence-electron chi connectivity index (χ4n) is 1.58. The summed E-state index contributed by atoms with van der Waals surface area (Å²) in [4.78, 5) is 8.33. The van der Waals surface area contributed by atoms with Gasteiger partial charge in [-0.15, -0.1) is 12.4 Å². The summed E-state index contributed by atoms with van der Waals surface area (Å²) in [6, 6.07) is 10.4. The van der Waals surface area contributed by atoms with Crippen molar-refractivity contribution in [3.05, 3.63) is 47.9 Å². The van der Waals surface area contributed by atoms with E-state index in [4.69, 9.17) is 5.73 Å². The number of halogens is 1. The van der Waals surface area contributed by atoms with Crippen molar-refractivity contribution < 1.29 is 0 Å². The molecule has 1 aromatic carbocycles. The van der Waals surface area contributed by atoms with Crippen molar-refractivity contribution in [2.75, 3.05) is 0 Å². The minimum atomic E-state index is 0. The van der Waals surface area contributed by atoms with Crippen LogP contribution >= 0.6 is 12.4 Å². The molecule has 0 unspecified atom stereocenters. The fourth-order valence-corrected chi connectivity index (χ4v) is 1.58. The molecule has 2 rings (SSSR count). The fraction of sp³-hybridized carbons (Fsp3) is 0.231. The molecule has 0 fully saturated rings. The molecule has 90 valence electrons. The first kappa shape index (κ1) is 13.6. The van der Waals surface area contributed by atoms with Gasteiger partial charge < -0.3 is 5.73 Å². The number of benzene rings is 1. The summed E-state index contributed by atoms with van der Waals surface area (Å²) >= 11 is 0. The van der Waals surface area contributed by atoms with E-state index >= 15 is 0 Å². The molecule has 0 atom stereocenters. The second-order valence-corrected chi connectivity index (χ2v) is 3.65. The third kappa shape index (κ3) is 3.25. The van der Waals surface area contributed by atoms with Crippen LogP contribution in [0.4, 0.5) is 0 Å². The zero-order valence-corrected chi connectivity index (χ0v) is 10.6. The van der Waals surface area contributed by atoms with Crippen LogP contribution in [0.3, 0.4) is 0 Å². The minimum absolute atomic E-state index is 0. The van der Waals surface area contributed by atoms with E-state index in [-0.39, 0.29) is 12.4 Å². The van der Waals surface area contributed by atoms with E-state index in [9.17, 15) is 0 Å². The summed E-state index contributed by atoms with van der Waals surface area (Å²) in [6.45, 7) is 2.59. The third-order valence-electron chi connectivity index (χ3n) is 2.59. The number of hydrogen-bond donors (Lipinski definition) is 1. The Labute approximate surface area is 108 Å². The SMILES string of the molecule is CCc1ccc(-c2cc(CN)ncn2)cc1.Cl. The Morgan fingerprint density at radius 3 is 2.41 bits per heavy atom. The lowest BCUT2D eigenvalue weighted by atomic mass is 10.1. The van der Waals surface area contributed by atoms with Gasteiger partial charge in [-0.3, -0.25) is 0 Å². The molecule has 0 aliphatic rings. The number of aryl methyl sites for hydroxylation is 1. The number of aromatic nitrogens is 2. The molecular formula is C13H16ClN3. The predicted molar refractivity (Wildman–Crippen MR) is 72.0 cm³/mol. The molecule has 2 N–H and O–H groups in total. The summed E-state index contributed by atoms with van der Waals surface area (Å²) < 4.78 is 0. The lowest BCUT2D eigenvalue weighted by Crippen LogP contribution is -2.00. The maximum Gasteiger partial charge on any atom is 0.116 e. The third-order valence-corrected chi connectivity index (χ3v) is 2.59. The van der Waals surface area contributed by atoms with E-state index in [1.807, 2.05) is 6.07 Å². The molecule has 0 radical (unpaired) electrons. The maximum atomic E-state index is 5.55. The van der Waals surface area contributed by atoms with E-state index in [1.54, 1.807) is 6.33 Å². The van der Waals surface area contributed by atoms with Crippen molar-refractivity contribution in [3.8, 4) is 11.3 Å². The molecule has 3 nitrogen and oxygen atoms in total. The van der Waals surface area contributed by atoms with E-state index in [2.05, 4.69) is 41.2 Å². The molecule has 2 aromatic rings. The number of rotatable bonds is 3. The van der Waals surface area contributed by atoms with Crippen molar-refractivity contribution in [1.29, 1.82) is 0 Å². The number of nitrogens with two attached hydrogens (primary N) is 1. The molecular weight excluding hydrogens is 234 g/mol. The Kier molecular flexibility index (Phi) is 5.07. The summed E-state index contributed by atoms with van der Waals surface area (Å²) in [5.74, 6) is 0. The van der Waals surface area contributed by atoms with E-state index in [1.165, 1.54) is 5.56 Å². The summed E-state index contributed by atoms with van der Waals surface area (Å²) in [5, 5.41) is 0. The van der Waals surface area contributed by atoms with Gasteiger partial charge in [0.2, 0.25) is 0 Å². The Bertz CT molecular complexity index is 468. The van der Waals surface area contributed by atoms with Gasteiger partial charge in [0.05, 0.1) is 11.4 Å². The smallest absolute Gasteiger partial charge is 0.116 e. The van der Waals surface area contributed by atoms with Crippen molar-refractivity contribution in [3.63, 3.8) is 0 Å². The summed E-state index contributed by atoms with van der Waals surface area (Å²) in [7, 11) is 0. The lowest BCUT2D eigenvalue weighted by Gasteiger charge is -2.03. The van der Waals surface area contributed by atoms with Gasteiger partial charge in [0.1, 0.15) is 6.33 Å². The average Bonchev–Trinajstić information content (AvgIpc) is 2.39. The van der Waals surface area contributed by atoms with Crippen LogP contribution in [0.2, 0.25) is 0 Å². The molecule has 1 heterocycles. The predicted octanol–water partition coefficient (Wildman–Crippen LogP) is 2.59. The van der Waals surface area contributed by atoms with Crippen LogP contribution in [-0.4, -0.2) is 9.97 Å². The summed E-state index contributed by atoms with van der Waals surface area (Å²) in [6.07, 6.45) is 2.61. The van der Waals surface area contributed by atoms with Crippen molar-refractivity contribution >= 4 is 12.4 Å². The topological polar surface area (TPSA) is 51.8 Å². The number of nitrogens with zero attached hydrogens (tertiary/aromatic N) is 2. The second kappa shape index (κ2) is 6.33. The molecule has 4 heteroatoms. The van der Waals surface area contributed by atoms with Gasteiger partial charge in [-0.05, 0) is 18.1 Å². The molecule has 0 aliphatic carbocycles. The van der Waals surface area contributed by atoms with Gasteiger partial charge in [0.15, 0.2) is 0 Å². The zero-order valence-electron chi connectivity index (χ0n) is 9.76. The molecule has 0 saturated heterocycles. The first-order valence-electron chi connectivity index (χ1n) is 5.43. The van der Waals surface area contributed by atoms with Crippen LogP contribution in [-0.2, 0) is 13.0 Å². The normalized spacial score (nSPS) is 9.76. The standard InChI is InChI=1S/C13H15N3.ClH/c1-2-10-3-5-11(6-4-10)13-7-12(8-14)15-9-16-13;/h3-7,9H,2,8,14H2,1H3;1H. The minimum Gasteiger partial charge on any atom is -0.325 e. The summed E-state index contributed by atoms with van der Waals surface area (Å²) in [5.41, 5.74) is 9.78. The quantitative estimate of drug-likeness (QED) is 0.910. The highest BCUT2D eigenvalue weighted by molar-refractivity contribution is 5.85. The van der Waals surface area contributed by atoms with Gasteiger partial charge in [0, 0.05) is 12.1 Å². The lowest BCUT2D eigenvalue weighted by molar-refractivity contribution is 0.966. The molecule has 0 amide bonds. The highest BCUT2D eigenvalue weighted by Gasteiger charge is 2.00. The highest BCUT2D eigenvalue weighted by Crippen LogP contribution is 2.17. The van der Waals surface area contributed by atoms with Gasteiger partial charge in [-0.1, -0.05) is 31.2 Å². The van der Waals surface area contributed by atoms with Crippen LogP contribution < -0.4 is 5.73 Å². The zero-order chi connectivity index (χ0) is 11.4. The highest BCUT2D eigenvalue weighted by atomic mass is 35.5. The van der Waals surface area contributed by atoms with Crippen molar-refractivity contribution in [2.45, 2.75) is 19.9 Å². The van der Waals surface area contributed by atoms with Gasteiger partial charge in [-0.25, -0.2) is 9.97 Å². The van der Waals surface area contributed by atoms with Crippen LogP contribution in [0.5, 0.6) is 0 Å². The molecule has 0 bridgehead atoms. The monoisotopic (exact) mass is 249 g/mol. The molecule has 0 spiro atoms. The van der Waals surface area contributed by atoms with E-state index in [0.29, 0.717) is 6.54 Å². The molecule has 0 saturated carbocycles. The van der Waals surface area contributed by atoms with Crippen LogP contribution in [0.15, 0.2) is 36.7 Å². The maximum absolute atomic E-state index is 5.55. The Morgan fingerprint density at radius 1 is 1.12 bits per heavy atom. The molecule has 0 aliphatic heterocycles. The van der Waals surface area contributed by atoms with E-state index < -0.39 is 0 Å². The Morgan fingerprint density at radius 2 is 1.82 bits per heavy atom. The first-order valence-corrected chi connectivity index (χ1v) is 5.43. The number of hydrogen-bond acceptors (Lipinski definition) is 3. The van der Waals surface area contributed by atoms with Crippen LogP contribution in [0, 0.1) is 0 Å². The largest absolute Gasteiger partial charge is 0.325 e. The Hall–Kier alpha value is -1.45. The second-order valence-electron chi connectivity index (χ2n) is 3.65. The Balaban J connectivity index is 0.00000144. The molecule has 17 heavy (non-hydrogen) atoms. The van der Waals surface area contributed by atoms with Crippen molar-refractivity contribution in [2.24, 2.45) is 5.73 Å². The molecule has 1 aromatic heterocycles. The average molecular weight is 250 g/mol.